The van der Waals surface area contributed by atoms with Crippen LogP contribution in [0.3, 0.4) is 0 Å². The summed E-state index contributed by atoms with van der Waals surface area (Å²) in [5.74, 6) is 0.637. The molecule has 0 aliphatic heterocycles. The van der Waals surface area contributed by atoms with Gasteiger partial charge in [0.15, 0.2) is 11.5 Å². The Kier molecular flexibility index (Phi) is 2.05. The van der Waals surface area contributed by atoms with Crippen LogP contribution in [-0.4, -0.2) is 24.9 Å². The molecular weight excluding hydrogens is 238 g/mol. The van der Waals surface area contributed by atoms with E-state index in [9.17, 15) is 0 Å². The maximum Gasteiger partial charge on any atom is 0.181 e. The van der Waals surface area contributed by atoms with Gasteiger partial charge in [0.25, 0.3) is 0 Å². The Hall–Kier alpha value is -2.82. The fraction of sp³-hybridized carbons (Fsp3) is 0. The molecule has 0 unspecified atom stereocenters. The van der Waals surface area contributed by atoms with E-state index in [-0.39, 0.29) is 0 Å². The zero-order valence-corrected chi connectivity index (χ0v) is 9.91. The smallest absolute Gasteiger partial charge is 0.181 e. The summed E-state index contributed by atoms with van der Waals surface area (Å²) < 4.78 is 0. The van der Waals surface area contributed by atoms with E-state index in [4.69, 9.17) is 0 Å². The second-order valence-corrected chi connectivity index (χ2v) is 4.25. The molecule has 0 aliphatic rings. The number of fused-ring (bicyclic) bond motifs is 2. The number of nitrogens with one attached hydrogen (secondary N) is 1. The van der Waals surface area contributed by atoms with Crippen molar-refractivity contribution >= 4 is 22.1 Å². The van der Waals surface area contributed by atoms with Crippen molar-refractivity contribution in [2.24, 2.45) is 0 Å². The number of para-hydroxylation sites is 1. The monoisotopic (exact) mass is 247 g/mol. The Morgan fingerprint density at radius 2 is 1.89 bits per heavy atom. The number of hydrogen-bond donors (Lipinski definition) is 1. The lowest BCUT2D eigenvalue weighted by Gasteiger charge is -2.01. The number of rotatable bonds is 1. The molecule has 5 nitrogen and oxygen atoms in total. The molecule has 0 spiro atoms. The number of pyridine rings is 1. The van der Waals surface area contributed by atoms with Crippen LogP contribution in [0.5, 0.6) is 0 Å². The van der Waals surface area contributed by atoms with E-state index in [0.29, 0.717) is 11.5 Å². The molecule has 5 heteroatoms. The van der Waals surface area contributed by atoms with Crippen LogP contribution >= 0.6 is 0 Å². The van der Waals surface area contributed by atoms with Crippen LogP contribution in [0.25, 0.3) is 33.5 Å². The Labute approximate surface area is 108 Å². The van der Waals surface area contributed by atoms with Gasteiger partial charge in [0.05, 0.1) is 18.0 Å². The maximum atomic E-state index is 4.42. The van der Waals surface area contributed by atoms with Gasteiger partial charge in [0.1, 0.15) is 5.52 Å². The van der Waals surface area contributed by atoms with Crippen molar-refractivity contribution in [3.63, 3.8) is 0 Å². The van der Waals surface area contributed by atoms with Crippen LogP contribution in [0.4, 0.5) is 0 Å². The highest BCUT2D eigenvalue weighted by Crippen LogP contribution is 2.20. The number of benzene rings is 1. The summed E-state index contributed by atoms with van der Waals surface area (Å²) in [6.45, 7) is 0. The zero-order valence-electron chi connectivity index (χ0n) is 9.91. The number of H-pyrrole nitrogens is 1. The Morgan fingerprint density at radius 1 is 0.947 bits per heavy atom. The van der Waals surface area contributed by atoms with Gasteiger partial charge in [0.2, 0.25) is 0 Å². The average Bonchev–Trinajstić information content (AvgIpc) is 2.94. The highest BCUT2D eigenvalue weighted by atomic mass is 15.0. The van der Waals surface area contributed by atoms with Gasteiger partial charge in [-0.3, -0.25) is 4.98 Å². The minimum Gasteiger partial charge on any atom is -0.342 e. The lowest BCUT2D eigenvalue weighted by atomic mass is 10.1. The minimum absolute atomic E-state index is 0.637. The summed E-state index contributed by atoms with van der Waals surface area (Å²) in [5, 5.41) is 1.07. The van der Waals surface area contributed by atoms with Gasteiger partial charge < -0.3 is 4.98 Å². The van der Waals surface area contributed by atoms with Gasteiger partial charge >= 0.3 is 0 Å². The molecule has 4 rings (SSSR count). The number of hydrogen-bond acceptors (Lipinski definition) is 4. The summed E-state index contributed by atoms with van der Waals surface area (Å²) in [5.41, 5.74) is 3.35. The Bertz CT molecular complexity index is 881. The molecule has 4 aromatic rings. The lowest BCUT2D eigenvalue weighted by Crippen LogP contribution is -1.90. The average molecular weight is 247 g/mol. The van der Waals surface area contributed by atoms with E-state index in [0.717, 1.165) is 22.0 Å². The van der Waals surface area contributed by atoms with Gasteiger partial charge in [0, 0.05) is 17.1 Å². The van der Waals surface area contributed by atoms with E-state index in [1.807, 2.05) is 30.3 Å². The van der Waals surface area contributed by atoms with Crippen LogP contribution in [0.1, 0.15) is 0 Å². The van der Waals surface area contributed by atoms with Crippen LogP contribution in [0, 0.1) is 0 Å². The lowest BCUT2D eigenvalue weighted by molar-refractivity contribution is 1.20. The van der Waals surface area contributed by atoms with Crippen molar-refractivity contribution in [2.75, 3.05) is 0 Å². The molecule has 0 saturated heterocycles. The first-order valence-corrected chi connectivity index (χ1v) is 5.91. The first-order valence-electron chi connectivity index (χ1n) is 5.91. The fourth-order valence-electron chi connectivity index (χ4n) is 2.07. The Balaban J connectivity index is 1.92. The molecule has 0 amide bonds. The number of aromatic nitrogens is 5. The number of imidazole rings is 1. The van der Waals surface area contributed by atoms with Crippen molar-refractivity contribution in [3.05, 3.63) is 49.1 Å². The predicted molar refractivity (Wildman–Crippen MR) is 72.4 cm³/mol. The second kappa shape index (κ2) is 3.84. The molecule has 0 fully saturated rings. The Morgan fingerprint density at radius 3 is 2.89 bits per heavy atom. The molecule has 0 radical (unpaired) electrons. The number of nitrogens with zero attached hydrogens (tertiary/aromatic N) is 4. The van der Waals surface area contributed by atoms with Crippen molar-refractivity contribution in [2.45, 2.75) is 0 Å². The zero-order chi connectivity index (χ0) is 12.7. The summed E-state index contributed by atoms with van der Waals surface area (Å²) >= 11 is 0. The maximum absolute atomic E-state index is 4.42. The van der Waals surface area contributed by atoms with Gasteiger partial charge in [-0.15, -0.1) is 0 Å². The van der Waals surface area contributed by atoms with E-state index < -0.39 is 0 Å². The standard InChI is InChI=1S/C14H9N5/c1-2-4-11-9(3-1)5-10(6-15-11)13-16-7-12-14(19-13)18-8-17-12/h1-8H,(H,16,17,18,19). The van der Waals surface area contributed by atoms with Gasteiger partial charge in [-0.05, 0) is 12.1 Å². The van der Waals surface area contributed by atoms with Crippen LogP contribution in [0.2, 0.25) is 0 Å². The molecule has 1 N–H and O–H groups in total. The van der Waals surface area contributed by atoms with Gasteiger partial charge in [-0.1, -0.05) is 18.2 Å². The first-order chi connectivity index (χ1) is 9.40. The van der Waals surface area contributed by atoms with Crippen molar-refractivity contribution < 1.29 is 0 Å². The molecule has 0 bridgehead atoms. The highest BCUT2D eigenvalue weighted by Gasteiger charge is 2.06. The first kappa shape index (κ1) is 10.1. The second-order valence-electron chi connectivity index (χ2n) is 4.25. The van der Waals surface area contributed by atoms with Crippen molar-refractivity contribution in [3.8, 4) is 11.4 Å². The topological polar surface area (TPSA) is 67.3 Å². The van der Waals surface area contributed by atoms with E-state index in [1.54, 1.807) is 18.7 Å². The van der Waals surface area contributed by atoms with Gasteiger partial charge in [-0.25, -0.2) is 15.0 Å². The molecule has 0 saturated carbocycles. The molecule has 3 heterocycles. The number of aromatic amines is 1. The summed E-state index contributed by atoms with van der Waals surface area (Å²) in [4.78, 5) is 20.3. The van der Waals surface area contributed by atoms with Gasteiger partial charge in [-0.2, -0.15) is 0 Å². The molecule has 90 valence electrons. The minimum atomic E-state index is 0.637. The summed E-state index contributed by atoms with van der Waals surface area (Å²) in [6, 6.07) is 10.0. The molecule has 3 aromatic heterocycles. The van der Waals surface area contributed by atoms with Crippen molar-refractivity contribution in [1.29, 1.82) is 0 Å². The SMILES string of the molecule is c1ccc2ncc(-c3ncc4[nH]cnc4n3)cc2c1. The third-order valence-electron chi connectivity index (χ3n) is 3.02. The molecule has 0 aliphatic carbocycles. The van der Waals surface area contributed by atoms with Crippen LogP contribution < -0.4 is 0 Å². The molecular formula is C14H9N5. The van der Waals surface area contributed by atoms with Crippen LogP contribution in [-0.2, 0) is 0 Å². The summed E-state index contributed by atoms with van der Waals surface area (Å²) in [6.07, 6.45) is 5.14. The normalized spacial score (nSPS) is 11.2. The summed E-state index contributed by atoms with van der Waals surface area (Å²) in [7, 11) is 0. The van der Waals surface area contributed by atoms with E-state index in [1.165, 1.54) is 0 Å². The van der Waals surface area contributed by atoms with E-state index in [2.05, 4.69) is 24.9 Å². The predicted octanol–water partition coefficient (Wildman–Crippen LogP) is 2.57. The quantitative estimate of drug-likeness (QED) is 0.561. The highest BCUT2D eigenvalue weighted by molar-refractivity contribution is 5.82. The van der Waals surface area contributed by atoms with Crippen LogP contribution in [0.15, 0.2) is 49.1 Å². The molecule has 0 atom stereocenters. The third-order valence-corrected chi connectivity index (χ3v) is 3.02. The largest absolute Gasteiger partial charge is 0.342 e. The van der Waals surface area contributed by atoms with Crippen molar-refractivity contribution in [1.82, 2.24) is 24.9 Å². The molecule has 19 heavy (non-hydrogen) atoms. The fourth-order valence-corrected chi connectivity index (χ4v) is 2.07. The third kappa shape index (κ3) is 1.63. The molecule has 1 aromatic carbocycles. The van der Waals surface area contributed by atoms with E-state index >= 15 is 0 Å².